The van der Waals surface area contributed by atoms with Gasteiger partial charge in [0.1, 0.15) is 5.75 Å². The molecule has 1 heterocycles. The summed E-state index contributed by atoms with van der Waals surface area (Å²) in [6, 6.07) is 13.7. The van der Waals surface area contributed by atoms with E-state index in [9.17, 15) is 9.90 Å². The van der Waals surface area contributed by atoms with Crippen LogP contribution in [0.15, 0.2) is 48.5 Å². The molecule has 3 N–H and O–H groups in total. The molecule has 0 aliphatic carbocycles. The highest BCUT2D eigenvalue weighted by Crippen LogP contribution is 2.15. The van der Waals surface area contributed by atoms with Gasteiger partial charge in [0.25, 0.3) is 5.91 Å². The molecule has 0 aliphatic heterocycles. The lowest BCUT2D eigenvalue weighted by Crippen LogP contribution is -2.12. The van der Waals surface area contributed by atoms with Gasteiger partial charge in [-0.1, -0.05) is 18.2 Å². The van der Waals surface area contributed by atoms with Gasteiger partial charge in [0, 0.05) is 5.56 Å². The van der Waals surface area contributed by atoms with Gasteiger partial charge in [-0.3, -0.25) is 10.1 Å². The number of carbonyl (C=O) groups is 1. The second-order valence-electron chi connectivity index (χ2n) is 4.11. The Morgan fingerprint density at radius 3 is 2.79 bits per heavy atom. The number of H-pyrrole nitrogens is 1. The molecule has 0 radical (unpaired) electrons. The summed E-state index contributed by atoms with van der Waals surface area (Å²) in [5.41, 5.74) is 2.02. The number of aromatic nitrogens is 2. The van der Waals surface area contributed by atoms with E-state index in [0.717, 1.165) is 11.0 Å². The minimum Gasteiger partial charge on any atom is -0.508 e. The number of phenolic OH excluding ortho intramolecular Hbond substituents is 1. The summed E-state index contributed by atoms with van der Waals surface area (Å²) in [4.78, 5) is 19.2. The van der Waals surface area contributed by atoms with Crippen LogP contribution >= 0.6 is 0 Å². The summed E-state index contributed by atoms with van der Waals surface area (Å²) in [5, 5.41) is 12.0. The highest BCUT2D eigenvalue weighted by atomic mass is 16.3. The van der Waals surface area contributed by atoms with Crippen LogP contribution in [-0.2, 0) is 0 Å². The molecule has 1 amide bonds. The van der Waals surface area contributed by atoms with Crippen LogP contribution in [0.25, 0.3) is 11.0 Å². The van der Waals surface area contributed by atoms with E-state index >= 15 is 0 Å². The maximum absolute atomic E-state index is 12.0. The van der Waals surface area contributed by atoms with Gasteiger partial charge in [0.2, 0.25) is 5.95 Å². The number of phenols is 1. The Morgan fingerprint density at radius 1 is 1.16 bits per heavy atom. The van der Waals surface area contributed by atoms with Gasteiger partial charge in [0.05, 0.1) is 11.0 Å². The van der Waals surface area contributed by atoms with Gasteiger partial charge in [-0.05, 0) is 30.3 Å². The third-order valence-electron chi connectivity index (χ3n) is 2.73. The molecule has 0 saturated carbocycles. The van der Waals surface area contributed by atoms with E-state index in [1.165, 1.54) is 12.1 Å². The topological polar surface area (TPSA) is 78.0 Å². The maximum Gasteiger partial charge on any atom is 0.258 e. The van der Waals surface area contributed by atoms with Crippen LogP contribution in [0.3, 0.4) is 0 Å². The van der Waals surface area contributed by atoms with E-state index in [1.54, 1.807) is 12.1 Å². The number of aromatic amines is 1. The molecule has 0 atom stereocenters. The highest BCUT2D eigenvalue weighted by molar-refractivity contribution is 6.04. The first kappa shape index (κ1) is 11.3. The number of imidazole rings is 1. The number of para-hydroxylation sites is 2. The van der Waals surface area contributed by atoms with Crippen LogP contribution in [0.4, 0.5) is 5.95 Å². The number of hydrogen-bond acceptors (Lipinski definition) is 3. The number of benzene rings is 2. The van der Waals surface area contributed by atoms with Crippen LogP contribution in [0.5, 0.6) is 5.75 Å². The van der Waals surface area contributed by atoms with E-state index in [1.807, 2.05) is 24.3 Å². The second-order valence-corrected chi connectivity index (χ2v) is 4.11. The summed E-state index contributed by atoms with van der Waals surface area (Å²) >= 11 is 0. The van der Waals surface area contributed by atoms with Crippen molar-refractivity contribution in [1.82, 2.24) is 9.97 Å². The SMILES string of the molecule is O=C(Nc1nc2ccccc2[nH]1)c1cccc(O)c1. The number of carbonyl (C=O) groups excluding carboxylic acids is 1. The first-order valence-electron chi connectivity index (χ1n) is 5.77. The molecule has 3 aromatic rings. The summed E-state index contributed by atoms with van der Waals surface area (Å²) in [7, 11) is 0. The smallest absolute Gasteiger partial charge is 0.258 e. The Bertz CT molecular complexity index is 716. The Labute approximate surface area is 108 Å². The molecule has 0 spiro atoms. The standard InChI is InChI=1S/C14H11N3O2/c18-10-5-3-4-9(8-10)13(19)17-14-15-11-6-1-2-7-12(11)16-14/h1-8,18H,(H2,15,16,17,19). The summed E-state index contributed by atoms with van der Waals surface area (Å²) in [6.45, 7) is 0. The zero-order valence-electron chi connectivity index (χ0n) is 9.92. The predicted octanol–water partition coefficient (Wildman–Crippen LogP) is 2.52. The molecular weight excluding hydrogens is 242 g/mol. The van der Waals surface area contributed by atoms with Gasteiger partial charge in [0.15, 0.2) is 0 Å². The van der Waals surface area contributed by atoms with Crippen molar-refractivity contribution in [3.63, 3.8) is 0 Å². The van der Waals surface area contributed by atoms with Crippen molar-refractivity contribution in [1.29, 1.82) is 0 Å². The Morgan fingerprint density at radius 2 is 2.00 bits per heavy atom. The van der Waals surface area contributed by atoms with Crippen molar-refractivity contribution in [3.8, 4) is 5.75 Å². The number of aromatic hydroxyl groups is 1. The second kappa shape index (κ2) is 4.45. The molecule has 3 rings (SSSR count). The van der Waals surface area contributed by atoms with Crippen LogP contribution in [0, 0.1) is 0 Å². The molecule has 0 aliphatic rings. The Balaban J connectivity index is 1.86. The lowest BCUT2D eigenvalue weighted by atomic mass is 10.2. The van der Waals surface area contributed by atoms with E-state index in [0.29, 0.717) is 11.5 Å². The van der Waals surface area contributed by atoms with Crippen molar-refractivity contribution >= 4 is 22.9 Å². The molecular formula is C14H11N3O2. The lowest BCUT2D eigenvalue weighted by molar-refractivity contribution is 0.102. The minimum atomic E-state index is -0.324. The Hall–Kier alpha value is -2.82. The van der Waals surface area contributed by atoms with E-state index in [-0.39, 0.29) is 11.7 Å². The highest BCUT2D eigenvalue weighted by Gasteiger charge is 2.09. The van der Waals surface area contributed by atoms with Crippen molar-refractivity contribution in [3.05, 3.63) is 54.1 Å². The first-order valence-corrected chi connectivity index (χ1v) is 5.77. The van der Waals surface area contributed by atoms with Gasteiger partial charge < -0.3 is 10.1 Å². The van der Waals surface area contributed by atoms with Crippen LogP contribution in [0.2, 0.25) is 0 Å². The Kier molecular flexibility index (Phi) is 2.64. The van der Waals surface area contributed by atoms with Gasteiger partial charge in [-0.15, -0.1) is 0 Å². The molecule has 2 aromatic carbocycles. The summed E-state index contributed by atoms with van der Waals surface area (Å²) < 4.78 is 0. The van der Waals surface area contributed by atoms with Crippen molar-refractivity contribution in [2.45, 2.75) is 0 Å². The summed E-state index contributed by atoms with van der Waals surface area (Å²) in [5.74, 6) is 0.113. The largest absolute Gasteiger partial charge is 0.508 e. The van der Waals surface area contributed by atoms with Gasteiger partial charge in [-0.2, -0.15) is 0 Å². The van der Waals surface area contributed by atoms with Crippen LogP contribution in [-0.4, -0.2) is 21.0 Å². The molecule has 0 unspecified atom stereocenters. The van der Waals surface area contributed by atoms with Gasteiger partial charge in [-0.25, -0.2) is 4.98 Å². The molecule has 5 heteroatoms. The van der Waals surface area contributed by atoms with E-state index in [2.05, 4.69) is 15.3 Å². The molecule has 0 bridgehead atoms. The minimum absolute atomic E-state index is 0.0530. The number of anilines is 1. The quantitative estimate of drug-likeness (QED) is 0.656. The molecule has 19 heavy (non-hydrogen) atoms. The fourth-order valence-electron chi connectivity index (χ4n) is 1.84. The van der Waals surface area contributed by atoms with Crippen molar-refractivity contribution in [2.24, 2.45) is 0 Å². The number of nitrogens with zero attached hydrogens (tertiary/aromatic N) is 1. The fourth-order valence-corrected chi connectivity index (χ4v) is 1.84. The molecule has 94 valence electrons. The number of hydrogen-bond donors (Lipinski definition) is 3. The normalized spacial score (nSPS) is 10.5. The predicted molar refractivity (Wildman–Crippen MR) is 72.2 cm³/mol. The average Bonchev–Trinajstić information content (AvgIpc) is 2.80. The number of rotatable bonds is 2. The monoisotopic (exact) mass is 253 g/mol. The third kappa shape index (κ3) is 2.26. The average molecular weight is 253 g/mol. The number of nitrogens with one attached hydrogen (secondary N) is 2. The molecule has 1 aromatic heterocycles. The van der Waals surface area contributed by atoms with E-state index < -0.39 is 0 Å². The van der Waals surface area contributed by atoms with Crippen LogP contribution < -0.4 is 5.32 Å². The molecule has 0 fully saturated rings. The maximum atomic E-state index is 12.0. The van der Waals surface area contributed by atoms with Gasteiger partial charge >= 0.3 is 0 Å². The van der Waals surface area contributed by atoms with Crippen LogP contribution in [0.1, 0.15) is 10.4 Å². The zero-order valence-corrected chi connectivity index (χ0v) is 9.92. The number of amides is 1. The zero-order chi connectivity index (χ0) is 13.2. The molecule has 0 saturated heterocycles. The van der Waals surface area contributed by atoms with Crippen molar-refractivity contribution < 1.29 is 9.90 Å². The van der Waals surface area contributed by atoms with Crippen molar-refractivity contribution in [2.75, 3.05) is 5.32 Å². The summed E-state index contributed by atoms with van der Waals surface area (Å²) in [6.07, 6.45) is 0. The first-order chi connectivity index (χ1) is 9.22. The lowest BCUT2D eigenvalue weighted by Gasteiger charge is -2.01. The fraction of sp³-hybridized carbons (Fsp3) is 0. The molecule has 5 nitrogen and oxygen atoms in total. The third-order valence-corrected chi connectivity index (χ3v) is 2.73. The number of fused-ring (bicyclic) bond motifs is 1. The van der Waals surface area contributed by atoms with E-state index in [4.69, 9.17) is 0 Å².